The summed E-state index contributed by atoms with van der Waals surface area (Å²) in [5.74, 6) is -1.19. The van der Waals surface area contributed by atoms with Gasteiger partial charge in [0.2, 0.25) is 10.0 Å². The molecular weight excluding hydrogens is 330 g/mol. The van der Waals surface area contributed by atoms with Gasteiger partial charge in [0.25, 0.3) is 11.6 Å². The van der Waals surface area contributed by atoms with Crippen molar-refractivity contribution in [1.82, 2.24) is 9.71 Å². The Bertz CT molecular complexity index is 812. The number of aromatic nitrogens is 1. The lowest BCUT2D eigenvalue weighted by Crippen LogP contribution is -2.31. The first-order valence-corrected chi connectivity index (χ1v) is 8.44. The number of benzene rings is 1. The molecule has 2 aromatic rings. The van der Waals surface area contributed by atoms with Crippen LogP contribution in [-0.2, 0) is 15.8 Å². The van der Waals surface area contributed by atoms with Crippen molar-refractivity contribution >= 4 is 33.0 Å². The number of aryl methyl sites for hydroxylation is 1. The van der Waals surface area contributed by atoms with Crippen LogP contribution in [0.2, 0.25) is 0 Å². The fraction of sp³-hybridized carbons (Fsp3) is 0.167. The minimum Gasteiger partial charge on any atom is -0.267 e. The molecule has 1 aromatic heterocycles. The zero-order chi connectivity index (χ0) is 16.3. The van der Waals surface area contributed by atoms with E-state index in [-0.39, 0.29) is 10.6 Å². The maximum Gasteiger partial charge on any atom is 0.276 e. The average molecular weight is 341 g/mol. The quantitative estimate of drug-likeness (QED) is 0.652. The second kappa shape index (κ2) is 6.20. The number of amides is 1. The first-order valence-electron chi connectivity index (χ1n) is 5.97. The van der Waals surface area contributed by atoms with E-state index in [4.69, 9.17) is 0 Å². The molecule has 0 unspecified atom stereocenters. The average Bonchev–Trinajstić information content (AvgIpc) is 2.85. The Kier molecular flexibility index (Phi) is 4.52. The highest BCUT2D eigenvalue weighted by atomic mass is 32.2. The van der Waals surface area contributed by atoms with E-state index in [0.717, 1.165) is 11.3 Å². The van der Waals surface area contributed by atoms with Gasteiger partial charge in [0.15, 0.2) is 0 Å². The third-order valence-corrected chi connectivity index (χ3v) is 4.72. The summed E-state index contributed by atoms with van der Waals surface area (Å²) in [4.78, 5) is 25.8. The largest absolute Gasteiger partial charge is 0.276 e. The molecule has 22 heavy (non-hydrogen) atoms. The summed E-state index contributed by atoms with van der Waals surface area (Å²) in [5.41, 5.74) is 0.205. The lowest BCUT2D eigenvalue weighted by atomic mass is 10.2. The van der Waals surface area contributed by atoms with Crippen molar-refractivity contribution in [2.24, 2.45) is 0 Å². The number of non-ortho nitro benzene ring substituents is 1. The topological polar surface area (TPSA) is 119 Å². The van der Waals surface area contributed by atoms with Crippen LogP contribution < -0.4 is 4.72 Å². The van der Waals surface area contributed by atoms with Crippen LogP contribution in [-0.4, -0.2) is 24.2 Å². The predicted octanol–water partition coefficient (Wildman–Crippen LogP) is 1.62. The molecule has 0 radical (unpaired) electrons. The fourth-order valence-corrected chi connectivity index (χ4v) is 3.46. The second-order valence-corrected chi connectivity index (χ2v) is 7.31. The summed E-state index contributed by atoms with van der Waals surface area (Å²) in [7, 11) is -3.90. The number of nitrogens with zero attached hydrogens (tertiary/aromatic N) is 2. The van der Waals surface area contributed by atoms with Gasteiger partial charge in [-0.15, -0.1) is 11.3 Å². The summed E-state index contributed by atoms with van der Waals surface area (Å²) in [5, 5.41) is 11.2. The van der Waals surface area contributed by atoms with Crippen molar-refractivity contribution in [3.63, 3.8) is 0 Å². The number of nitro groups is 1. The number of carbonyl (C=O) groups excluding carboxylic acids is 1. The van der Waals surface area contributed by atoms with E-state index in [2.05, 4.69) is 4.98 Å². The van der Waals surface area contributed by atoms with Gasteiger partial charge in [-0.2, -0.15) is 0 Å². The Morgan fingerprint density at radius 3 is 2.50 bits per heavy atom. The van der Waals surface area contributed by atoms with Crippen molar-refractivity contribution in [2.45, 2.75) is 12.7 Å². The monoisotopic (exact) mass is 341 g/mol. The standard InChI is InChI=1S/C12H11N3O5S2/c1-8-13-6-11(21-8)12(16)14-22(19,20)7-9-2-4-10(5-3-9)15(17)18/h2-6H,7H2,1H3,(H,14,16). The van der Waals surface area contributed by atoms with Gasteiger partial charge in [-0.3, -0.25) is 14.9 Å². The number of carbonyl (C=O) groups is 1. The van der Waals surface area contributed by atoms with Crippen LogP contribution >= 0.6 is 11.3 Å². The molecule has 1 heterocycles. The summed E-state index contributed by atoms with van der Waals surface area (Å²) in [6.45, 7) is 1.70. The molecule has 116 valence electrons. The van der Waals surface area contributed by atoms with E-state index < -0.39 is 26.6 Å². The minimum absolute atomic E-state index is 0.134. The molecule has 0 bridgehead atoms. The van der Waals surface area contributed by atoms with Gasteiger partial charge in [0.05, 0.1) is 21.9 Å². The predicted molar refractivity (Wildman–Crippen MR) is 80.0 cm³/mol. The normalized spacial score (nSPS) is 11.1. The molecule has 2 rings (SSSR count). The van der Waals surface area contributed by atoms with Gasteiger partial charge in [-0.1, -0.05) is 12.1 Å². The van der Waals surface area contributed by atoms with Crippen molar-refractivity contribution in [2.75, 3.05) is 0 Å². The third kappa shape index (κ3) is 4.09. The van der Waals surface area contributed by atoms with E-state index in [1.54, 1.807) is 6.92 Å². The number of rotatable bonds is 5. The first-order chi connectivity index (χ1) is 10.3. The van der Waals surface area contributed by atoms with E-state index in [0.29, 0.717) is 10.6 Å². The molecule has 0 aliphatic carbocycles. The molecule has 0 saturated carbocycles. The van der Waals surface area contributed by atoms with Gasteiger partial charge < -0.3 is 0 Å². The number of nitro benzene ring substituents is 1. The molecule has 0 spiro atoms. The van der Waals surface area contributed by atoms with Crippen LogP contribution in [0.25, 0.3) is 0 Å². The Labute approximate surface area is 130 Å². The van der Waals surface area contributed by atoms with Crippen molar-refractivity contribution in [3.8, 4) is 0 Å². The zero-order valence-electron chi connectivity index (χ0n) is 11.3. The van der Waals surface area contributed by atoms with Gasteiger partial charge in [-0.25, -0.2) is 18.1 Å². The molecular formula is C12H11N3O5S2. The second-order valence-electron chi connectivity index (χ2n) is 4.36. The molecule has 10 heteroatoms. The minimum atomic E-state index is -3.90. The third-order valence-electron chi connectivity index (χ3n) is 2.60. The first kappa shape index (κ1) is 16.0. The molecule has 1 amide bonds. The van der Waals surface area contributed by atoms with E-state index in [1.807, 2.05) is 4.72 Å². The summed E-state index contributed by atoms with van der Waals surface area (Å²) >= 11 is 1.09. The van der Waals surface area contributed by atoms with E-state index in [9.17, 15) is 23.3 Å². The van der Waals surface area contributed by atoms with E-state index >= 15 is 0 Å². The Morgan fingerprint density at radius 1 is 1.36 bits per heavy atom. The van der Waals surface area contributed by atoms with Crippen LogP contribution in [0.15, 0.2) is 30.5 Å². The highest BCUT2D eigenvalue weighted by Crippen LogP contribution is 2.15. The van der Waals surface area contributed by atoms with Gasteiger partial charge in [0.1, 0.15) is 4.88 Å². The summed E-state index contributed by atoms with van der Waals surface area (Å²) in [6, 6.07) is 5.08. The fourth-order valence-electron chi connectivity index (χ4n) is 1.63. The number of hydrogen-bond donors (Lipinski definition) is 1. The SMILES string of the molecule is Cc1ncc(C(=O)NS(=O)(=O)Cc2ccc([N+](=O)[O-])cc2)s1. The van der Waals surface area contributed by atoms with E-state index in [1.165, 1.54) is 30.5 Å². The van der Waals surface area contributed by atoms with Crippen molar-refractivity contribution < 1.29 is 18.1 Å². The lowest BCUT2D eigenvalue weighted by Gasteiger charge is -2.05. The van der Waals surface area contributed by atoms with Gasteiger partial charge >= 0.3 is 0 Å². The van der Waals surface area contributed by atoms with Crippen LogP contribution in [0.1, 0.15) is 20.2 Å². The van der Waals surface area contributed by atoms with Gasteiger partial charge in [0, 0.05) is 12.1 Å². The highest BCUT2D eigenvalue weighted by Gasteiger charge is 2.19. The van der Waals surface area contributed by atoms with Gasteiger partial charge in [-0.05, 0) is 12.5 Å². The lowest BCUT2D eigenvalue weighted by molar-refractivity contribution is -0.384. The molecule has 0 aliphatic rings. The molecule has 1 N–H and O–H groups in total. The maximum atomic E-state index is 11.9. The van der Waals surface area contributed by atoms with Crippen LogP contribution in [0.4, 0.5) is 5.69 Å². The molecule has 8 nitrogen and oxygen atoms in total. The smallest absolute Gasteiger partial charge is 0.267 e. The van der Waals surface area contributed by atoms with Crippen LogP contribution in [0, 0.1) is 17.0 Å². The zero-order valence-corrected chi connectivity index (χ0v) is 13.0. The molecule has 0 saturated heterocycles. The van der Waals surface area contributed by atoms with Crippen LogP contribution in [0.5, 0.6) is 0 Å². The highest BCUT2D eigenvalue weighted by molar-refractivity contribution is 7.89. The summed E-state index contributed by atoms with van der Waals surface area (Å²) < 4.78 is 25.8. The number of hydrogen-bond acceptors (Lipinski definition) is 7. The van der Waals surface area contributed by atoms with Crippen molar-refractivity contribution in [1.29, 1.82) is 0 Å². The number of nitrogens with one attached hydrogen (secondary N) is 1. The molecule has 0 aliphatic heterocycles. The number of sulfonamides is 1. The molecule has 0 atom stereocenters. The Balaban J connectivity index is 2.07. The Hall–Kier alpha value is -2.33. The Morgan fingerprint density at radius 2 is 2.00 bits per heavy atom. The maximum absolute atomic E-state index is 11.9. The van der Waals surface area contributed by atoms with Crippen molar-refractivity contribution in [3.05, 3.63) is 56.0 Å². The molecule has 1 aromatic carbocycles. The summed E-state index contributed by atoms with van der Waals surface area (Å²) in [6.07, 6.45) is 1.30. The van der Waals surface area contributed by atoms with Crippen LogP contribution in [0.3, 0.4) is 0 Å². The molecule has 0 fully saturated rings. The number of thiazole rings is 1.